The first-order valence-corrected chi connectivity index (χ1v) is 10.5. The van der Waals surface area contributed by atoms with E-state index in [0.29, 0.717) is 31.5 Å². The van der Waals surface area contributed by atoms with Crippen molar-refractivity contribution in [3.8, 4) is 0 Å². The van der Waals surface area contributed by atoms with Crippen molar-refractivity contribution in [3.63, 3.8) is 0 Å². The van der Waals surface area contributed by atoms with Crippen LogP contribution in [-0.2, 0) is 9.59 Å². The Hall–Kier alpha value is -1.48. The summed E-state index contributed by atoms with van der Waals surface area (Å²) < 4.78 is 1.17. The third-order valence-corrected chi connectivity index (χ3v) is 6.64. The molecule has 0 spiro atoms. The number of rotatable bonds is 4. The summed E-state index contributed by atoms with van der Waals surface area (Å²) in [5.74, 6) is -0.117. The second kappa shape index (κ2) is 8.04. The molecule has 26 heavy (non-hydrogen) atoms. The van der Waals surface area contributed by atoms with Crippen LogP contribution >= 0.6 is 48.0 Å². The van der Waals surface area contributed by atoms with Gasteiger partial charge in [-0.3, -0.25) is 19.4 Å². The molecule has 0 bridgehead atoms. The molecule has 0 saturated carbocycles. The fraction of sp³-hybridized carbons (Fsp3) is 0.222. The Morgan fingerprint density at radius 3 is 1.65 bits per heavy atom. The van der Waals surface area contributed by atoms with Gasteiger partial charge in [-0.05, 0) is 43.2 Å². The summed E-state index contributed by atoms with van der Waals surface area (Å²) in [7, 11) is 0. The van der Waals surface area contributed by atoms with Crippen LogP contribution in [0.15, 0.2) is 34.1 Å². The molecule has 0 radical (unpaired) electrons. The van der Waals surface area contributed by atoms with Gasteiger partial charge in [0.15, 0.2) is 0 Å². The zero-order chi connectivity index (χ0) is 18.8. The zero-order valence-electron chi connectivity index (χ0n) is 14.2. The Morgan fingerprint density at radius 1 is 0.885 bits per heavy atom. The number of carbonyl (C=O) groups is 2. The Labute approximate surface area is 171 Å². The van der Waals surface area contributed by atoms with Gasteiger partial charge in [-0.15, -0.1) is 0 Å². The monoisotopic (exact) mass is 420 g/mol. The summed E-state index contributed by atoms with van der Waals surface area (Å²) in [5.41, 5.74) is 1.78. The Kier molecular flexibility index (Phi) is 5.96. The van der Waals surface area contributed by atoms with Gasteiger partial charge in [-0.2, -0.15) is 0 Å². The van der Waals surface area contributed by atoms with Gasteiger partial charge in [0.2, 0.25) is 0 Å². The molecule has 2 fully saturated rings. The molecule has 2 aliphatic heterocycles. The largest absolute Gasteiger partial charge is 0.293 e. The maximum absolute atomic E-state index is 12.3. The van der Waals surface area contributed by atoms with Crippen LogP contribution in [0.2, 0.25) is 0 Å². The van der Waals surface area contributed by atoms with Crippen molar-refractivity contribution in [2.24, 2.45) is 0 Å². The number of nitrogens with zero attached hydrogens (tertiary/aromatic N) is 2. The van der Waals surface area contributed by atoms with Gasteiger partial charge in [-0.1, -0.05) is 66.2 Å². The maximum Gasteiger partial charge on any atom is 0.266 e. The molecule has 2 amide bonds. The normalized spacial score (nSPS) is 21.0. The molecule has 2 heterocycles. The summed E-state index contributed by atoms with van der Waals surface area (Å²) in [4.78, 5) is 29.1. The molecule has 2 aliphatic rings. The molecular weight excluding hydrogens is 404 g/mol. The Bertz CT molecular complexity index is 808. The van der Waals surface area contributed by atoms with Crippen molar-refractivity contribution in [3.05, 3.63) is 45.2 Å². The van der Waals surface area contributed by atoms with Crippen molar-refractivity contribution in [1.29, 1.82) is 0 Å². The smallest absolute Gasteiger partial charge is 0.266 e. The molecule has 0 N–H and O–H groups in total. The minimum atomic E-state index is -0.0586. The SMILES string of the molecule is CCN1C(=O)C(=Cc2cccc(C=C3SC(=S)N(CC)C3=O)c2)SC1=S. The van der Waals surface area contributed by atoms with E-state index < -0.39 is 0 Å². The lowest BCUT2D eigenvalue weighted by Gasteiger charge is -2.09. The van der Waals surface area contributed by atoms with Crippen molar-refractivity contribution in [2.75, 3.05) is 13.1 Å². The van der Waals surface area contributed by atoms with Crippen LogP contribution in [0.4, 0.5) is 0 Å². The molecule has 2 saturated heterocycles. The quantitative estimate of drug-likeness (QED) is 0.539. The molecular formula is C18H16N2O2S4. The lowest BCUT2D eigenvalue weighted by atomic mass is 10.1. The standard InChI is InChI=1S/C18H16N2O2S4/c1-3-19-15(21)13(25-17(19)23)9-11-6-5-7-12(8-11)10-14-16(22)20(4-2)18(24)26-14/h5-10H,3-4H2,1-2H3. The summed E-state index contributed by atoms with van der Waals surface area (Å²) in [6.45, 7) is 4.95. The zero-order valence-corrected chi connectivity index (χ0v) is 17.5. The Morgan fingerprint density at radius 2 is 1.31 bits per heavy atom. The van der Waals surface area contributed by atoms with Gasteiger partial charge in [0.1, 0.15) is 8.64 Å². The summed E-state index contributed by atoms with van der Waals surface area (Å²) in [5, 5.41) is 0. The van der Waals surface area contributed by atoms with Crippen molar-refractivity contribution in [1.82, 2.24) is 9.80 Å². The van der Waals surface area contributed by atoms with Crippen LogP contribution in [-0.4, -0.2) is 43.3 Å². The van der Waals surface area contributed by atoms with E-state index in [9.17, 15) is 9.59 Å². The highest BCUT2D eigenvalue weighted by atomic mass is 32.2. The van der Waals surface area contributed by atoms with Crippen molar-refractivity contribution >= 4 is 80.6 Å². The van der Waals surface area contributed by atoms with E-state index in [1.807, 2.05) is 50.3 Å². The molecule has 0 atom stereocenters. The summed E-state index contributed by atoms with van der Waals surface area (Å²) in [6.07, 6.45) is 3.67. The fourth-order valence-electron chi connectivity index (χ4n) is 2.59. The molecule has 1 aromatic rings. The molecule has 8 heteroatoms. The first-order valence-electron chi connectivity index (χ1n) is 8.05. The van der Waals surface area contributed by atoms with Crippen LogP contribution in [0.5, 0.6) is 0 Å². The molecule has 0 aromatic heterocycles. The minimum Gasteiger partial charge on any atom is -0.293 e. The molecule has 3 rings (SSSR count). The number of amides is 2. The van der Waals surface area contributed by atoms with E-state index in [0.717, 1.165) is 11.1 Å². The van der Waals surface area contributed by atoms with Gasteiger partial charge in [0.05, 0.1) is 9.81 Å². The van der Waals surface area contributed by atoms with Crippen LogP contribution < -0.4 is 0 Å². The van der Waals surface area contributed by atoms with Gasteiger partial charge in [0.25, 0.3) is 11.8 Å². The average Bonchev–Trinajstić information content (AvgIpc) is 3.03. The summed E-state index contributed by atoms with van der Waals surface area (Å²) >= 11 is 13.1. The third kappa shape index (κ3) is 3.78. The lowest BCUT2D eigenvalue weighted by molar-refractivity contribution is -0.122. The van der Waals surface area contributed by atoms with E-state index in [2.05, 4.69) is 0 Å². The van der Waals surface area contributed by atoms with E-state index in [4.69, 9.17) is 24.4 Å². The van der Waals surface area contributed by atoms with E-state index >= 15 is 0 Å². The third-order valence-electron chi connectivity index (χ3n) is 3.89. The van der Waals surface area contributed by atoms with Gasteiger partial charge in [0, 0.05) is 13.1 Å². The Balaban J connectivity index is 1.86. The number of thiocarbonyl (C=S) groups is 2. The van der Waals surface area contributed by atoms with E-state index in [1.165, 1.54) is 23.5 Å². The number of benzene rings is 1. The average molecular weight is 421 g/mol. The molecule has 0 aliphatic carbocycles. The predicted octanol–water partition coefficient (Wildman–Crippen LogP) is 4.13. The first-order chi connectivity index (χ1) is 12.4. The number of thioether (sulfide) groups is 2. The van der Waals surface area contributed by atoms with Crippen LogP contribution in [0, 0.1) is 0 Å². The molecule has 0 unspecified atom stereocenters. The van der Waals surface area contributed by atoms with Crippen LogP contribution in [0.25, 0.3) is 12.2 Å². The number of hydrogen-bond donors (Lipinski definition) is 0. The number of carbonyl (C=O) groups excluding carboxylic acids is 2. The minimum absolute atomic E-state index is 0.0586. The molecule has 4 nitrogen and oxygen atoms in total. The topological polar surface area (TPSA) is 40.6 Å². The maximum atomic E-state index is 12.3. The highest BCUT2D eigenvalue weighted by Crippen LogP contribution is 2.34. The number of likely N-dealkylation sites (N-methyl/N-ethyl adjacent to an activating group) is 2. The number of hydrogen-bond acceptors (Lipinski definition) is 6. The second-order valence-corrected chi connectivity index (χ2v) is 8.87. The highest BCUT2D eigenvalue weighted by molar-refractivity contribution is 8.27. The van der Waals surface area contributed by atoms with E-state index in [-0.39, 0.29) is 11.8 Å². The molecule has 1 aromatic carbocycles. The predicted molar refractivity (Wildman–Crippen MR) is 118 cm³/mol. The van der Waals surface area contributed by atoms with Gasteiger partial charge in [-0.25, -0.2) is 0 Å². The van der Waals surface area contributed by atoms with Crippen molar-refractivity contribution < 1.29 is 9.59 Å². The fourth-order valence-corrected chi connectivity index (χ4v) is 5.35. The highest BCUT2D eigenvalue weighted by Gasteiger charge is 2.31. The van der Waals surface area contributed by atoms with Crippen LogP contribution in [0.3, 0.4) is 0 Å². The van der Waals surface area contributed by atoms with Gasteiger partial charge < -0.3 is 0 Å². The van der Waals surface area contributed by atoms with E-state index in [1.54, 1.807) is 9.80 Å². The van der Waals surface area contributed by atoms with Crippen LogP contribution in [0.1, 0.15) is 25.0 Å². The molecule has 134 valence electrons. The van der Waals surface area contributed by atoms with Crippen molar-refractivity contribution in [2.45, 2.75) is 13.8 Å². The second-order valence-electron chi connectivity index (χ2n) is 5.52. The first kappa shape index (κ1) is 19.3. The van der Waals surface area contributed by atoms with Gasteiger partial charge >= 0.3 is 0 Å². The lowest BCUT2D eigenvalue weighted by Crippen LogP contribution is -2.27. The summed E-state index contributed by atoms with van der Waals surface area (Å²) in [6, 6.07) is 7.69.